The number of halogens is 3. The van der Waals surface area contributed by atoms with Crippen LogP contribution in [-0.2, 0) is 4.74 Å². The average molecular weight is 300 g/mol. The highest BCUT2D eigenvalue weighted by Gasteiger charge is 2.24. The van der Waals surface area contributed by atoms with Crippen molar-refractivity contribution in [3.05, 3.63) is 35.1 Å². The third-order valence-corrected chi connectivity index (χ3v) is 2.76. The minimum Gasteiger partial charge on any atom is -0.465 e. The Labute approximate surface area is 117 Å². The highest BCUT2D eigenvalue weighted by Crippen LogP contribution is 2.26. The van der Waals surface area contributed by atoms with E-state index in [1.165, 1.54) is 7.05 Å². The number of rotatable bonds is 3. The van der Waals surface area contributed by atoms with Crippen molar-refractivity contribution >= 4 is 17.6 Å². The SMILES string of the molecule is CNc1nn(-c2cc(F)c(F)c(F)c2)c(N)c1C(=O)OC. The fraction of sp³-hybridized carbons (Fsp3) is 0.167. The molecule has 1 heterocycles. The Hall–Kier alpha value is -2.71. The van der Waals surface area contributed by atoms with E-state index in [4.69, 9.17) is 5.73 Å². The minimum atomic E-state index is -1.61. The van der Waals surface area contributed by atoms with E-state index >= 15 is 0 Å². The van der Waals surface area contributed by atoms with Crippen LogP contribution in [0.1, 0.15) is 10.4 Å². The third-order valence-electron chi connectivity index (χ3n) is 2.76. The van der Waals surface area contributed by atoms with Gasteiger partial charge in [0.1, 0.15) is 11.4 Å². The van der Waals surface area contributed by atoms with Crippen LogP contribution in [-0.4, -0.2) is 29.9 Å². The molecule has 0 aliphatic rings. The van der Waals surface area contributed by atoms with E-state index in [2.05, 4.69) is 15.2 Å². The molecule has 0 saturated heterocycles. The van der Waals surface area contributed by atoms with Crippen LogP contribution in [0.25, 0.3) is 5.69 Å². The summed E-state index contributed by atoms with van der Waals surface area (Å²) in [6.45, 7) is 0. The number of methoxy groups -OCH3 is 1. The summed E-state index contributed by atoms with van der Waals surface area (Å²) in [5.41, 5.74) is 5.48. The van der Waals surface area contributed by atoms with E-state index in [1.807, 2.05) is 0 Å². The summed E-state index contributed by atoms with van der Waals surface area (Å²) < 4.78 is 45.0. The molecule has 0 atom stereocenters. The monoisotopic (exact) mass is 300 g/mol. The van der Waals surface area contributed by atoms with Gasteiger partial charge in [-0.2, -0.15) is 0 Å². The molecule has 21 heavy (non-hydrogen) atoms. The van der Waals surface area contributed by atoms with Crippen molar-refractivity contribution in [1.82, 2.24) is 9.78 Å². The normalized spacial score (nSPS) is 10.5. The lowest BCUT2D eigenvalue weighted by molar-refractivity contribution is 0.0603. The molecular formula is C12H11F3N4O2. The molecule has 0 radical (unpaired) electrons. The largest absolute Gasteiger partial charge is 0.465 e. The predicted octanol–water partition coefficient (Wildman–Crippen LogP) is 1.70. The number of hydrogen-bond acceptors (Lipinski definition) is 5. The Morgan fingerprint density at radius 3 is 2.38 bits per heavy atom. The fourth-order valence-corrected chi connectivity index (χ4v) is 1.77. The van der Waals surface area contributed by atoms with Crippen molar-refractivity contribution in [3.8, 4) is 5.69 Å². The number of benzene rings is 1. The molecule has 0 bridgehead atoms. The van der Waals surface area contributed by atoms with Crippen LogP contribution in [0, 0.1) is 17.5 Å². The van der Waals surface area contributed by atoms with E-state index in [1.54, 1.807) is 0 Å². The van der Waals surface area contributed by atoms with Gasteiger partial charge in [0, 0.05) is 19.2 Å². The molecule has 3 N–H and O–H groups in total. The minimum absolute atomic E-state index is 0.0597. The molecule has 2 rings (SSSR count). The first kappa shape index (κ1) is 14.7. The van der Waals surface area contributed by atoms with Crippen LogP contribution >= 0.6 is 0 Å². The topological polar surface area (TPSA) is 82.2 Å². The average Bonchev–Trinajstić information content (AvgIpc) is 2.80. The molecule has 0 aliphatic heterocycles. The number of esters is 1. The second-order valence-electron chi connectivity index (χ2n) is 3.99. The number of anilines is 2. The number of nitrogens with two attached hydrogens (primary N) is 1. The van der Waals surface area contributed by atoms with Gasteiger partial charge in [-0.15, -0.1) is 5.10 Å². The van der Waals surface area contributed by atoms with Crippen LogP contribution in [0.15, 0.2) is 12.1 Å². The smallest absolute Gasteiger partial charge is 0.345 e. The van der Waals surface area contributed by atoms with Crippen LogP contribution in [0.3, 0.4) is 0 Å². The van der Waals surface area contributed by atoms with E-state index in [9.17, 15) is 18.0 Å². The van der Waals surface area contributed by atoms with Crippen molar-refractivity contribution in [3.63, 3.8) is 0 Å². The first-order chi connectivity index (χ1) is 9.90. The third kappa shape index (κ3) is 2.37. The van der Waals surface area contributed by atoms with Crippen LogP contribution in [0.4, 0.5) is 24.8 Å². The van der Waals surface area contributed by atoms with Gasteiger partial charge in [0.25, 0.3) is 0 Å². The van der Waals surface area contributed by atoms with Crippen molar-refractivity contribution in [2.45, 2.75) is 0 Å². The van der Waals surface area contributed by atoms with E-state index in [-0.39, 0.29) is 22.9 Å². The maximum Gasteiger partial charge on any atom is 0.345 e. The zero-order chi connectivity index (χ0) is 15.7. The van der Waals surface area contributed by atoms with Gasteiger partial charge >= 0.3 is 5.97 Å². The van der Waals surface area contributed by atoms with Gasteiger partial charge in [0.2, 0.25) is 0 Å². The molecule has 1 aromatic carbocycles. The van der Waals surface area contributed by atoms with Gasteiger partial charge in [-0.05, 0) is 0 Å². The molecule has 112 valence electrons. The van der Waals surface area contributed by atoms with Gasteiger partial charge < -0.3 is 15.8 Å². The molecule has 0 saturated carbocycles. The number of hydrogen-bond donors (Lipinski definition) is 2. The molecule has 0 unspecified atom stereocenters. The summed E-state index contributed by atoms with van der Waals surface area (Å²) in [5, 5.41) is 6.51. The molecule has 2 aromatic rings. The second kappa shape index (κ2) is 5.35. The first-order valence-corrected chi connectivity index (χ1v) is 5.70. The summed E-state index contributed by atoms with van der Waals surface area (Å²) in [6.07, 6.45) is 0. The molecule has 0 spiro atoms. The van der Waals surface area contributed by atoms with Crippen molar-refractivity contribution in [2.24, 2.45) is 0 Å². The zero-order valence-corrected chi connectivity index (χ0v) is 11.1. The Morgan fingerprint density at radius 2 is 1.90 bits per heavy atom. The highest BCUT2D eigenvalue weighted by molar-refractivity contribution is 5.99. The number of ether oxygens (including phenoxy) is 1. The van der Waals surface area contributed by atoms with Gasteiger partial charge in [-0.3, -0.25) is 0 Å². The van der Waals surface area contributed by atoms with E-state index in [0.717, 1.165) is 11.8 Å². The van der Waals surface area contributed by atoms with E-state index < -0.39 is 23.4 Å². The van der Waals surface area contributed by atoms with Crippen LogP contribution < -0.4 is 11.1 Å². The van der Waals surface area contributed by atoms with Crippen molar-refractivity contribution in [2.75, 3.05) is 25.2 Å². The summed E-state index contributed by atoms with van der Waals surface area (Å²) in [5.74, 6) is -5.31. The maximum atomic E-state index is 13.3. The summed E-state index contributed by atoms with van der Waals surface area (Å²) >= 11 is 0. The highest BCUT2D eigenvalue weighted by atomic mass is 19.2. The number of carbonyl (C=O) groups is 1. The Bertz CT molecular complexity index is 692. The Morgan fingerprint density at radius 1 is 1.33 bits per heavy atom. The molecule has 0 fully saturated rings. The number of carbonyl (C=O) groups excluding carboxylic acids is 1. The van der Waals surface area contributed by atoms with Crippen molar-refractivity contribution in [1.29, 1.82) is 0 Å². The molecular weight excluding hydrogens is 289 g/mol. The lowest BCUT2D eigenvalue weighted by atomic mass is 10.2. The molecule has 0 aliphatic carbocycles. The zero-order valence-electron chi connectivity index (χ0n) is 11.1. The Balaban J connectivity index is 2.65. The van der Waals surface area contributed by atoms with Crippen molar-refractivity contribution < 1.29 is 22.7 Å². The number of aromatic nitrogens is 2. The quantitative estimate of drug-likeness (QED) is 0.666. The summed E-state index contributed by atoms with van der Waals surface area (Å²) in [4.78, 5) is 11.6. The lowest BCUT2D eigenvalue weighted by Crippen LogP contribution is -2.08. The molecule has 1 aromatic heterocycles. The van der Waals surface area contributed by atoms with Crippen LogP contribution in [0.2, 0.25) is 0 Å². The van der Waals surface area contributed by atoms with Gasteiger partial charge in [-0.25, -0.2) is 22.6 Å². The number of nitrogen functional groups attached to an aromatic ring is 1. The predicted molar refractivity (Wildman–Crippen MR) is 68.7 cm³/mol. The Kier molecular flexibility index (Phi) is 3.74. The van der Waals surface area contributed by atoms with E-state index in [0.29, 0.717) is 12.1 Å². The summed E-state index contributed by atoms with van der Waals surface area (Å²) in [7, 11) is 2.63. The maximum absolute atomic E-state index is 13.3. The molecule has 0 amide bonds. The number of nitrogens with one attached hydrogen (secondary N) is 1. The second-order valence-corrected chi connectivity index (χ2v) is 3.99. The first-order valence-electron chi connectivity index (χ1n) is 5.70. The van der Waals surface area contributed by atoms with Gasteiger partial charge in [-0.1, -0.05) is 0 Å². The summed E-state index contributed by atoms with van der Waals surface area (Å²) in [6, 6.07) is 1.42. The van der Waals surface area contributed by atoms with Gasteiger partial charge in [0.05, 0.1) is 12.8 Å². The fourth-order valence-electron chi connectivity index (χ4n) is 1.77. The molecule has 9 heteroatoms. The number of nitrogens with zero attached hydrogens (tertiary/aromatic N) is 2. The van der Waals surface area contributed by atoms with Gasteiger partial charge in [0.15, 0.2) is 23.3 Å². The molecule has 6 nitrogen and oxygen atoms in total. The van der Waals surface area contributed by atoms with Crippen LogP contribution in [0.5, 0.6) is 0 Å². The standard InChI is InChI=1S/C12H11F3N4O2/c1-17-11-8(12(20)21-2)10(16)19(18-11)5-3-6(13)9(15)7(14)4-5/h3-4H,16H2,1-2H3,(H,17,18). The lowest BCUT2D eigenvalue weighted by Gasteiger charge is -2.05.